The van der Waals surface area contributed by atoms with Gasteiger partial charge in [-0.3, -0.25) is 4.79 Å². The number of hydrogen-bond donors (Lipinski definition) is 3. The van der Waals surface area contributed by atoms with Crippen molar-refractivity contribution in [3.8, 4) is 0 Å². The summed E-state index contributed by atoms with van der Waals surface area (Å²) in [5, 5.41) is 10.5. The molecule has 4 rings (SSSR count). The van der Waals surface area contributed by atoms with Crippen LogP contribution in [0.25, 0.3) is 0 Å². The van der Waals surface area contributed by atoms with Crippen molar-refractivity contribution in [2.75, 3.05) is 18.4 Å². The summed E-state index contributed by atoms with van der Waals surface area (Å²) in [6.07, 6.45) is 6.24. The largest absolute Gasteiger partial charge is 0.371 e. The Hall–Kier alpha value is -2.33. The number of carbonyl (C=O) groups is 1. The van der Waals surface area contributed by atoms with Gasteiger partial charge in [0.1, 0.15) is 5.54 Å². The Morgan fingerprint density at radius 3 is 2.25 bits per heavy atom. The number of amides is 1. The monoisotopic (exact) mass is 377 g/mol. The molecule has 1 saturated heterocycles. The van der Waals surface area contributed by atoms with Crippen LogP contribution in [0.15, 0.2) is 60.7 Å². The molecule has 1 saturated carbocycles. The van der Waals surface area contributed by atoms with E-state index >= 15 is 0 Å². The third-order valence-corrected chi connectivity index (χ3v) is 6.36. The van der Waals surface area contributed by atoms with Crippen molar-refractivity contribution in [2.45, 2.75) is 56.0 Å². The summed E-state index contributed by atoms with van der Waals surface area (Å²) < 4.78 is 0. The van der Waals surface area contributed by atoms with E-state index in [0.29, 0.717) is 5.92 Å². The summed E-state index contributed by atoms with van der Waals surface area (Å²) >= 11 is 0. The van der Waals surface area contributed by atoms with Crippen LogP contribution in [-0.2, 0) is 4.79 Å². The van der Waals surface area contributed by atoms with Gasteiger partial charge in [-0.1, -0.05) is 61.4 Å². The first-order valence-electron chi connectivity index (χ1n) is 10.7. The molecule has 0 spiro atoms. The lowest BCUT2D eigenvalue weighted by molar-refractivity contribution is -0.127. The molecule has 4 heteroatoms. The first-order valence-corrected chi connectivity index (χ1v) is 10.7. The van der Waals surface area contributed by atoms with Gasteiger partial charge in [0.05, 0.1) is 0 Å². The van der Waals surface area contributed by atoms with Crippen molar-refractivity contribution >= 4 is 11.6 Å². The SMILES string of the molecule is O=C(N[C@@H]1CCCC[C@@H]1c1ccccc1)C1(Nc2ccccc2)CCNCC1. The third-order valence-electron chi connectivity index (χ3n) is 6.36. The molecule has 1 aliphatic carbocycles. The molecule has 4 nitrogen and oxygen atoms in total. The molecule has 148 valence electrons. The van der Waals surface area contributed by atoms with E-state index < -0.39 is 5.54 Å². The van der Waals surface area contributed by atoms with Crippen LogP contribution in [0.1, 0.15) is 50.0 Å². The molecule has 0 unspecified atom stereocenters. The lowest BCUT2D eigenvalue weighted by Gasteiger charge is -2.41. The number of benzene rings is 2. The number of piperidine rings is 1. The molecule has 2 aliphatic rings. The summed E-state index contributed by atoms with van der Waals surface area (Å²) in [4.78, 5) is 13.6. The van der Waals surface area contributed by atoms with Gasteiger partial charge in [0.15, 0.2) is 0 Å². The second kappa shape index (κ2) is 8.78. The van der Waals surface area contributed by atoms with Gasteiger partial charge in [0, 0.05) is 17.6 Å². The van der Waals surface area contributed by atoms with Crippen molar-refractivity contribution in [1.29, 1.82) is 0 Å². The van der Waals surface area contributed by atoms with Crippen LogP contribution >= 0.6 is 0 Å². The average molecular weight is 378 g/mol. The summed E-state index contributed by atoms with van der Waals surface area (Å²) in [6.45, 7) is 1.72. The maximum Gasteiger partial charge on any atom is 0.246 e. The third kappa shape index (κ3) is 4.22. The first kappa shape index (κ1) is 19.0. The minimum absolute atomic E-state index is 0.158. The van der Waals surface area contributed by atoms with E-state index in [1.54, 1.807) is 0 Å². The second-order valence-electron chi connectivity index (χ2n) is 8.20. The molecular formula is C24H31N3O. The molecule has 1 aliphatic heterocycles. The van der Waals surface area contributed by atoms with Crippen LogP contribution in [0.5, 0.6) is 0 Å². The standard InChI is InChI=1S/C24H31N3O/c28-23(24(15-17-25-18-16-24)27-20-11-5-2-6-12-20)26-22-14-8-7-13-21(22)19-9-3-1-4-10-19/h1-6,9-12,21-22,25,27H,7-8,13-18H2,(H,26,28)/t21-,22-/m1/s1. The molecule has 0 aromatic heterocycles. The van der Waals surface area contributed by atoms with Gasteiger partial charge in [-0.15, -0.1) is 0 Å². The summed E-state index contributed by atoms with van der Waals surface area (Å²) in [7, 11) is 0. The van der Waals surface area contributed by atoms with Gasteiger partial charge in [-0.2, -0.15) is 0 Å². The fourth-order valence-corrected chi connectivity index (χ4v) is 4.77. The topological polar surface area (TPSA) is 53.2 Å². The van der Waals surface area contributed by atoms with E-state index in [0.717, 1.165) is 44.5 Å². The molecular weight excluding hydrogens is 346 g/mol. The Morgan fingerprint density at radius 1 is 0.893 bits per heavy atom. The highest BCUT2D eigenvalue weighted by molar-refractivity contribution is 5.90. The van der Waals surface area contributed by atoms with Crippen molar-refractivity contribution < 1.29 is 4.79 Å². The van der Waals surface area contributed by atoms with E-state index in [1.807, 2.05) is 30.3 Å². The van der Waals surface area contributed by atoms with Crippen molar-refractivity contribution in [2.24, 2.45) is 0 Å². The van der Waals surface area contributed by atoms with Gasteiger partial charge in [-0.25, -0.2) is 0 Å². The van der Waals surface area contributed by atoms with Crippen molar-refractivity contribution in [1.82, 2.24) is 10.6 Å². The Kier molecular flexibility index (Phi) is 5.96. The fraction of sp³-hybridized carbons (Fsp3) is 0.458. The molecule has 2 aromatic carbocycles. The smallest absolute Gasteiger partial charge is 0.246 e. The highest BCUT2D eigenvalue weighted by Crippen LogP contribution is 2.34. The highest BCUT2D eigenvalue weighted by atomic mass is 16.2. The molecule has 0 bridgehead atoms. The van der Waals surface area contributed by atoms with E-state index in [4.69, 9.17) is 0 Å². The van der Waals surface area contributed by atoms with E-state index in [9.17, 15) is 4.79 Å². The van der Waals surface area contributed by atoms with E-state index in [2.05, 4.69) is 46.3 Å². The Labute approximate surface area is 168 Å². The molecule has 1 heterocycles. The lowest BCUT2D eigenvalue weighted by atomic mass is 9.79. The summed E-state index contributed by atoms with van der Waals surface area (Å²) in [5.41, 5.74) is 1.83. The summed E-state index contributed by atoms with van der Waals surface area (Å²) in [6, 6.07) is 21.0. The normalized spacial score (nSPS) is 24.3. The Morgan fingerprint density at radius 2 is 1.54 bits per heavy atom. The van der Waals surface area contributed by atoms with Gasteiger partial charge in [0.2, 0.25) is 5.91 Å². The molecule has 2 fully saturated rings. The van der Waals surface area contributed by atoms with Gasteiger partial charge >= 0.3 is 0 Å². The minimum Gasteiger partial charge on any atom is -0.371 e. The minimum atomic E-state index is -0.536. The van der Waals surface area contributed by atoms with Crippen molar-refractivity contribution in [3.63, 3.8) is 0 Å². The van der Waals surface area contributed by atoms with Crippen LogP contribution in [0, 0.1) is 0 Å². The first-order chi connectivity index (χ1) is 13.8. The lowest BCUT2D eigenvalue weighted by Crippen LogP contribution is -2.60. The van der Waals surface area contributed by atoms with E-state index in [1.165, 1.54) is 18.4 Å². The fourth-order valence-electron chi connectivity index (χ4n) is 4.77. The van der Waals surface area contributed by atoms with Crippen molar-refractivity contribution in [3.05, 3.63) is 66.2 Å². The number of hydrogen-bond acceptors (Lipinski definition) is 3. The van der Waals surface area contributed by atoms with Crippen LogP contribution in [0.4, 0.5) is 5.69 Å². The number of anilines is 1. The number of para-hydroxylation sites is 1. The highest BCUT2D eigenvalue weighted by Gasteiger charge is 2.41. The zero-order valence-electron chi connectivity index (χ0n) is 16.5. The molecule has 3 N–H and O–H groups in total. The zero-order valence-corrected chi connectivity index (χ0v) is 16.5. The molecule has 2 aromatic rings. The average Bonchev–Trinajstić information content (AvgIpc) is 2.76. The second-order valence-corrected chi connectivity index (χ2v) is 8.20. The Bertz CT molecular complexity index is 756. The number of carbonyl (C=O) groups excluding carboxylic acids is 1. The molecule has 2 atom stereocenters. The molecule has 1 amide bonds. The summed E-state index contributed by atoms with van der Waals surface area (Å²) in [5.74, 6) is 0.570. The maximum atomic E-state index is 13.6. The van der Waals surface area contributed by atoms with E-state index in [-0.39, 0.29) is 11.9 Å². The maximum absolute atomic E-state index is 13.6. The number of nitrogens with one attached hydrogen (secondary N) is 3. The van der Waals surface area contributed by atoms with Crippen LogP contribution in [-0.4, -0.2) is 30.6 Å². The van der Waals surface area contributed by atoms with Crippen LogP contribution in [0.3, 0.4) is 0 Å². The van der Waals surface area contributed by atoms with Crippen LogP contribution in [0.2, 0.25) is 0 Å². The molecule has 28 heavy (non-hydrogen) atoms. The number of rotatable bonds is 5. The quantitative estimate of drug-likeness (QED) is 0.736. The zero-order chi connectivity index (χ0) is 19.2. The Balaban J connectivity index is 1.53. The van der Waals surface area contributed by atoms with Crippen LogP contribution < -0.4 is 16.0 Å². The van der Waals surface area contributed by atoms with Gasteiger partial charge < -0.3 is 16.0 Å². The van der Waals surface area contributed by atoms with Gasteiger partial charge in [0.25, 0.3) is 0 Å². The van der Waals surface area contributed by atoms with Gasteiger partial charge in [-0.05, 0) is 56.5 Å². The predicted octanol–water partition coefficient (Wildman–Crippen LogP) is 4.06. The molecule has 0 radical (unpaired) electrons. The predicted molar refractivity (Wildman–Crippen MR) is 114 cm³/mol.